The van der Waals surface area contributed by atoms with Crippen LogP contribution in [-0.4, -0.2) is 29.1 Å². The fourth-order valence-corrected chi connectivity index (χ4v) is 3.77. The molecule has 0 saturated carbocycles. The zero-order valence-electron chi connectivity index (χ0n) is 14.9. The first-order valence-corrected chi connectivity index (χ1v) is 9.67. The molecule has 1 aliphatic rings. The van der Waals surface area contributed by atoms with Crippen LogP contribution in [0, 0.1) is 5.82 Å². The minimum Gasteiger partial charge on any atom is -0.441 e. The normalized spacial score (nSPS) is 15.9. The maximum absolute atomic E-state index is 14.0. The van der Waals surface area contributed by atoms with Gasteiger partial charge in [-0.3, -0.25) is 14.5 Å². The second-order valence-corrected chi connectivity index (χ2v) is 7.22. The highest BCUT2D eigenvalue weighted by atomic mass is 35.5. The Morgan fingerprint density at radius 2 is 1.96 bits per heavy atom. The van der Waals surface area contributed by atoms with E-state index in [2.05, 4.69) is 0 Å². The first-order chi connectivity index (χ1) is 12.9. The molecule has 0 atom stereocenters. The van der Waals surface area contributed by atoms with Gasteiger partial charge in [0.15, 0.2) is 5.88 Å². The Hall–Kier alpha value is -2.25. The van der Waals surface area contributed by atoms with Crippen LogP contribution in [0.2, 0.25) is 5.02 Å². The molecular formula is C19H18ClFN2O3S. The summed E-state index contributed by atoms with van der Waals surface area (Å²) in [6.45, 7) is 5.42. The molecular weight excluding hydrogens is 391 g/mol. The summed E-state index contributed by atoms with van der Waals surface area (Å²) in [5, 5.41) is -0.297. The van der Waals surface area contributed by atoms with Gasteiger partial charge >= 0.3 is 0 Å². The van der Waals surface area contributed by atoms with E-state index in [1.54, 1.807) is 6.07 Å². The first-order valence-electron chi connectivity index (χ1n) is 8.47. The molecule has 2 amide bonds. The topological polar surface area (TPSA) is 53.8 Å². The molecule has 8 heteroatoms. The molecule has 5 nitrogen and oxygen atoms in total. The molecule has 0 radical (unpaired) electrons. The van der Waals surface area contributed by atoms with Gasteiger partial charge in [-0.15, -0.1) is 0 Å². The number of amides is 2. The molecule has 1 aromatic heterocycles. The third-order valence-electron chi connectivity index (χ3n) is 4.21. The molecule has 142 valence electrons. The lowest BCUT2D eigenvalue weighted by molar-refractivity contribution is -0.123. The summed E-state index contributed by atoms with van der Waals surface area (Å²) < 4.78 is 19.7. The molecule has 1 saturated heterocycles. The van der Waals surface area contributed by atoms with E-state index in [9.17, 15) is 14.0 Å². The van der Waals surface area contributed by atoms with Crippen LogP contribution in [0.5, 0.6) is 0 Å². The summed E-state index contributed by atoms with van der Waals surface area (Å²) in [5.41, 5.74) is 0.115. The van der Waals surface area contributed by atoms with Gasteiger partial charge in [-0.05, 0) is 43.8 Å². The van der Waals surface area contributed by atoms with Crippen molar-refractivity contribution in [3.05, 3.63) is 57.4 Å². The van der Waals surface area contributed by atoms with Crippen LogP contribution in [0.4, 0.5) is 15.1 Å². The summed E-state index contributed by atoms with van der Waals surface area (Å²) in [6, 6.07) is 7.80. The number of imide groups is 1. The summed E-state index contributed by atoms with van der Waals surface area (Å²) in [7, 11) is 0. The molecule has 0 aliphatic carbocycles. The third kappa shape index (κ3) is 4.04. The van der Waals surface area contributed by atoms with Gasteiger partial charge in [0.25, 0.3) is 11.1 Å². The number of rotatable bonds is 6. The number of anilines is 1. The Morgan fingerprint density at radius 1 is 1.22 bits per heavy atom. The summed E-state index contributed by atoms with van der Waals surface area (Å²) in [4.78, 5) is 28.1. The Balaban J connectivity index is 1.81. The average Bonchev–Trinajstić information content (AvgIpc) is 3.19. The van der Waals surface area contributed by atoms with Crippen LogP contribution >= 0.6 is 23.4 Å². The molecule has 1 aliphatic heterocycles. The lowest BCUT2D eigenvalue weighted by Gasteiger charge is -2.16. The second kappa shape index (κ2) is 8.19. The third-order valence-corrected chi connectivity index (χ3v) is 5.47. The van der Waals surface area contributed by atoms with Crippen LogP contribution in [0.3, 0.4) is 0 Å². The van der Waals surface area contributed by atoms with E-state index in [0.717, 1.165) is 29.8 Å². The van der Waals surface area contributed by atoms with Crippen molar-refractivity contribution >= 4 is 46.5 Å². The zero-order valence-corrected chi connectivity index (χ0v) is 16.4. The predicted octanol–water partition coefficient (Wildman–Crippen LogP) is 5.15. The number of halogens is 2. The maximum atomic E-state index is 14.0. The van der Waals surface area contributed by atoms with E-state index in [4.69, 9.17) is 16.0 Å². The van der Waals surface area contributed by atoms with Crippen LogP contribution in [0.1, 0.15) is 25.2 Å². The number of hydrogen-bond acceptors (Lipinski definition) is 5. The highest BCUT2D eigenvalue weighted by Crippen LogP contribution is 2.35. The van der Waals surface area contributed by atoms with E-state index in [1.165, 1.54) is 24.3 Å². The molecule has 0 unspecified atom stereocenters. The highest BCUT2D eigenvalue weighted by Gasteiger charge is 2.36. The van der Waals surface area contributed by atoms with E-state index < -0.39 is 17.0 Å². The number of furan rings is 1. The quantitative estimate of drug-likeness (QED) is 0.618. The van der Waals surface area contributed by atoms with Crippen molar-refractivity contribution in [1.82, 2.24) is 4.90 Å². The molecule has 2 heterocycles. The SMILES string of the molecule is CCN(CC)c1ccc(/C=C2\SC(=O)N(Cc3c(F)cccc3Cl)C2=O)o1. The van der Waals surface area contributed by atoms with E-state index in [-0.39, 0.29) is 22.0 Å². The number of benzene rings is 1. The highest BCUT2D eigenvalue weighted by molar-refractivity contribution is 8.18. The van der Waals surface area contributed by atoms with Crippen LogP contribution < -0.4 is 4.90 Å². The fourth-order valence-electron chi connectivity index (χ4n) is 2.73. The Morgan fingerprint density at radius 3 is 2.63 bits per heavy atom. The Labute approximate surface area is 165 Å². The Kier molecular flexibility index (Phi) is 5.92. The smallest absolute Gasteiger partial charge is 0.293 e. The van der Waals surface area contributed by atoms with Crippen molar-refractivity contribution in [1.29, 1.82) is 0 Å². The lowest BCUT2D eigenvalue weighted by Crippen LogP contribution is -2.28. The van der Waals surface area contributed by atoms with Gasteiger partial charge in [0, 0.05) is 35.8 Å². The molecule has 3 rings (SSSR count). The lowest BCUT2D eigenvalue weighted by atomic mass is 10.2. The largest absolute Gasteiger partial charge is 0.441 e. The summed E-state index contributed by atoms with van der Waals surface area (Å²) in [6.07, 6.45) is 1.53. The first kappa shape index (κ1) is 19.5. The van der Waals surface area contributed by atoms with Crippen LogP contribution in [-0.2, 0) is 11.3 Å². The van der Waals surface area contributed by atoms with Crippen molar-refractivity contribution in [2.75, 3.05) is 18.0 Å². The van der Waals surface area contributed by atoms with Crippen molar-refractivity contribution < 1.29 is 18.4 Å². The molecule has 0 spiro atoms. The van der Waals surface area contributed by atoms with Crippen molar-refractivity contribution in [3.8, 4) is 0 Å². The molecule has 0 bridgehead atoms. The van der Waals surface area contributed by atoms with Crippen LogP contribution in [0.25, 0.3) is 6.08 Å². The number of carbonyl (C=O) groups is 2. The molecule has 1 fully saturated rings. The van der Waals surface area contributed by atoms with Gasteiger partial charge in [-0.1, -0.05) is 17.7 Å². The van der Waals surface area contributed by atoms with Gasteiger partial charge in [-0.2, -0.15) is 0 Å². The van der Waals surface area contributed by atoms with Gasteiger partial charge in [0.1, 0.15) is 11.6 Å². The van der Waals surface area contributed by atoms with Crippen molar-refractivity contribution in [2.24, 2.45) is 0 Å². The number of hydrogen-bond donors (Lipinski definition) is 0. The molecule has 2 aromatic rings. The maximum Gasteiger partial charge on any atom is 0.293 e. The molecule has 0 N–H and O–H groups in total. The minimum atomic E-state index is -0.555. The summed E-state index contributed by atoms with van der Waals surface area (Å²) in [5.74, 6) is 0.125. The fraction of sp³-hybridized carbons (Fsp3) is 0.263. The van der Waals surface area contributed by atoms with E-state index >= 15 is 0 Å². The van der Waals surface area contributed by atoms with Crippen molar-refractivity contribution in [3.63, 3.8) is 0 Å². The number of carbonyl (C=O) groups excluding carboxylic acids is 2. The second-order valence-electron chi connectivity index (χ2n) is 5.82. The summed E-state index contributed by atoms with van der Waals surface area (Å²) >= 11 is 6.80. The zero-order chi connectivity index (χ0) is 19.6. The Bertz CT molecular complexity index is 888. The van der Waals surface area contributed by atoms with Gasteiger partial charge in [0.05, 0.1) is 11.4 Å². The average molecular weight is 409 g/mol. The molecule has 27 heavy (non-hydrogen) atoms. The minimum absolute atomic E-state index is 0.115. The van der Waals surface area contributed by atoms with E-state index in [1.807, 2.05) is 24.8 Å². The number of thioether (sulfide) groups is 1. The predicted molar refractivity (Wildman–Crippen MR) is 105 cm³/mol. The van der Waals surface area contributed by atoms with E-state index in [0.29, 0.717) is 11.6 Å². The van der Waals surface area contributed by atoms with Gasteiger partial charge < -0.3 is 9.32 Å². The van der Waals surface area contributed by atoms with Gasteiger partial charge in [-0.25, -0.2) is 4.39 Å². The number of nitrogens with zero attached hydrogens (tertiary/aromatic N) is 2. The van der Waals surface area contributed by atoms with Crippen LogP contribution in [0.15, 0.2) is 39.7 Å². The van der Waals surface area contributed by atoms with Crippen molar-refractivity contribution in [2.45, 2.75) is 20.4 Å². The monoisotopic (exact) mass is 408 g/mol. The standard InChI is InChI=1S/C19H18ClFN2O3S/c1-3-22(4-2)17-9-8-12(26-17)10-16-18(24)23(19(25)27-16)11-13-14(20)6-5-7-15(13)21/h5-10H,3-4,11H2,1-2H3/b16-10-. The van der Waals surface area contributed by atoms with Gasteiger partial charge in [0.2, 0.25) is 0 Å². The molecule has 1 aromatic carbocycles.